The molecule has 0 aliphatic heterocycles. The molecule has 2 amide bonds. The van der Waals surface area contributed by atoms with Gasteiger partial charge in [0.1, 0.15) is 0 Å². The summed E-state index contributed by atoms with van der Waals surface area (Å²) in [7, 11) is 0. The van der Waals surface area contributed by atoms with Gasteiger partial charge in [0.15, 0.2) is 0 Å². The number of hydrogen-bond donors (Lipinski definition) is 3. The number of carbonyl (C=O) groups excluding carboxylic acids is 2. The summed E-state index contributed by atoms with van der Waals surface area (Å²) in [5.41, 5.74) is 6.58. The number of benzene rings is 1. The zero-order valence-corrected chi connectivity index (χ0v) is 12.4. The standard InChI is InChI=1S/C16H21N3O2/c1-12(2)10-18-15(20)11-19-16(21)14-7-5-13(6-8-14)4-3-9-17/h5-8,12H,9-11,17H2,1-2H3,(H,18,20)(H,19,21). The van der Waals surface area contributed by atoms with Gasteiger partial charge in [-0.1, -0.05) is 25.7 Å². The Bertz CT molecular complexity index is 539. The zero-order valence-electron chi connectivity index (χ0n) is 12.4. The Labute approximate surface area is 125 Å². The van der Waals surface area contributed by atoms with Crippen LogP contribution in [0.1, 0.15) is 29.8 Å². The van der Waals surface area contributed by atoms with Crippen LogP contribution in [0.25, 0.3) is 0 Å². The van der Waals surface area contributed by atoms with Gasteiger partial charge in [-0.15, -0.1) is 0 Å². The maximum atomic E-state index is 11.9. The van der Waals surface area contributed by atoms with E-state index >= 15 is 0 Å². The van der Waals surface area contributed by atoms with Crippen molar-refractivity contribution >= 4 is 11.8 Å². The van der Waals surface area contributed by atoms with Crippen LogP contribution in [0, 0.1) is 17.8 Å². The molecule has 1 aromatic carbocycles. The van der Waals surface area contributed by atoms with Gasteiger partial charge in [-0.3, -0.25) is 9.59 Å². The van der Waals surface area contributed by atoms with Gasteiger partial charge in [0.2, 0.25) is 5.91 Å². The van der Waals surface area contributed by atoms with E-state index in [-0.39, 0.29) is 18.4 Å². The molecule has 4 N–H and O–H groups in total. The van der Waals surface area contributed by atoms with Crippen molar-refractivity contribution in [3.05, 3.63) is 35.4 Å². The van der Waals surface area contributed by atoms with Crippen molar-refractivity contribution in [2.24, 2.45) is 11.7 Å². The Kier molecular flexibility index (Phi) is 6.99. The van der Waals surface area contributed by atoms with E-state index in [1.54, 1.807) is 24.3 Å². The Morgan fingerprint density at radius 1 is 1.19 bits per heavy atom. The molecule has 0 saturated carbocycles. The molecular weight excluding hydrogens is 266 g/mol. The molecule has 5 nitrogen and oxygen atoms in total. The van der Waals surface area contributed by atoms with Gasteiger partial charge in [0, 0.05) is 17.7 Å². The van der Waals surface area contributed by atoms with Crippen molar-refractivity contribution < 1.29 is 9.59 Å². The van der Waals surface area contributed by atoms with Crippen LogP contribution in [0.15, 0.2) is 24.3 Å². The minimum Gasteiger partial charge on any atom is -0.354 e. The Morgan fingerprint density at radius 2 is 1.86 bits per heavy atom. The van der Waals surface area contributed by atoms with Crippen LogP contribution in [0.2, 0.25) is 0 Å². The van der Waals surface area contributed by atoms with Gasteiger partial charge in [0.25, 0.3) is 5.91 Å². The Hall–Kier alpha value is -2.32. The van der Waals surface area contributed by atoms with E-state index in [1.807, 2.05) is 13.8 Å². The second-order valence-electron chi connectivity index (χ2n) is 4.96. The van der Waals surface area contributed by atoms with Crippen LogP contribution in [0.5, 0.6) is 0 Å². The summed E-state index contributed by atoms with van der Waals surface area (Å²) in [6.07, 6.45) is 0. The predicted molar refractivity (Wildman–Crippen MR) is 82.6 cm³/mol. The molecule has 0 saturated heterocycles. The molecule has 0 unspecified atom stereocenters. The van der Waals surface area contributed by atoms with Crippen molar-refractivity contribution in [2.75, 3.05) is 19.6 Å². The Balaban J connectivity index is 2.47. The molecule has 1 rings (SSSR count). The van der Waals surface area contributed by atoms with Gasteiger partial charge in [-0.25, -0.2) is 0 Å². The minimum absolute atomic E-state index is 0.0275. The highest BCUT2D eigenvalue weighted by Crippen LogP contribution is 2.03. The molecule has 5 heteroatoms. The monoisotopic (exact) mass is 287 g/mol. The first-order valence-electron chi connectivity index (χ1n) is 6.87. The third kappa shape index (κ3) is 6.59. The summed E-state index contributed by atoms with van der Waals surface area (Å²) in [5.74, 6) is 5.52. The number of nitrogens with two attached hydrogens (primary N) is 1. The van der Waals surface area contributed by atoms with E-state index in [0.29, 0.717) is 24.6 Å². The fourth-order valence-corrected chi connectivity index (χ4v) is 1.50. The number of rotatable bonds is 5. The molecule has 21 heavy (non-hydrogen) atoms. The van der Waals surface area contributed by atoms with Crippen molar-refractivity contribution in [3.63, 3.8) is 0 Å². The lowest BCUT2D eigenvalue weighted by Crippen LogP contribution is -2.38. The van der Waals surface area contributed by atoms with Crippen molar-refractivity contribution in [2.45, 2.75) is 13.8 Å². The summed E-state index contributed by atoms with van der Waals surface area (Å²) < 4.78 is 0. The van der Waals surface area contributed by atoms with Gasteiger partial charge >= 0.3 is 0 Å². The summed E-state index contributed by atoms with van der Waals surface area (Å²) >= 11 is 0. The van der Waals surface area contributed by atoms with E-state index in [9.17, 15) is 9.59 Å². The molecule has 112 valence electrons. The van der Waals surface area contributed by atoms with Gasteiger partial charge in [0.05, 0.1) is 13.1 Å². The van der Waals surface area contributed by atoms with Crippen LogP contribution in [0.4, 0.5) is 0 Å². The third-order valence-electron chi connectivity index (χ3n) is 2.60. The van der Waals surface area contributed by atoms with E-state index in [0.717, 1.165) is 5.56 Å². The molecule has 0 radical (unpaired) electrons. The second-order valence-corrected chi connectivity index (χ2v) is 4.96. The number of nitrogens with one attached hydrogen (secondary N) is 2. The normalized spacial score (nSPS) is 9.71. The molecule has 0 aliphatic carbocycles. The highest BCUT2D eigenvalue weighted by atomic mass is 16.2. The fourth-order valence-electron chi connectivity index (χ4n) is 1.50. The summed E-state index contributed by atoms with van der Waals surface area (Å²) in [5, 5.41) is 5.32. The molecule has 0 aliphatic rings. The van der Waals surface area contributed by atoms with E-state index < -0.39 is 0 Å². The maximum absolute atomic E-state index is 11.9. The van der Waals surface area contributed by atoms with Crippen LogP contribution in [-0.4, -0.2) is 31.4 Å². The lowest BCUT2D eigenvalue weighted by Gasteiger charge is -2.08. The lowest BCUT2D eigenvalue weighted by atomic mass is 10.1. The van der Waals surface area contributed by atoms with Crippen molar-refractivity contribution in [1.82, 2.24) is 10.6 Å². The van der Waals surface area contributed by atoms with Crippen LogP contribution in [0.3, 0.4) is 0 Å². The van der Waals surface area contributed by atoms with Crippen LogP contribution in [-0.2, 0) is 4.79 Å². The first kappa shape index (κ1) is 16.7. The molecule has 0 atom stereocenters. The highest BCUT2D eigenvalue weighted by molar-refractivity contribution is 5.96. The van der Waals surface area contributed by atoms with Crippen LogP contribution >= 0.6 is 0 Å². The fraction of sp³-hybridized carbons (Fsp3) is 0.375. The SMILES string of the molecule is CC(C)CNC(=O)CNC(=O)c1ccc(C#CCN)cc1. The molecule has 0 spiro atoms. The molecule has 0 heterocycles. The summed E-state index contributed by atoms with van der Waals surface area (Å²) in [6.45, 7) is 4.89. The van der Waals surface area contributed by atoms with E-state index in [4.69, 9.17) is 5.73 Å². The average molecular weight is 287 g/mol. The maximum Gasteiger partial charge on any atom is 0.251 e. The van der Waals surface area contributed by atoms with Crippen LogP contribution < -0.4 is 16.4 Å². The first-order valence-corrected chi connectivity index (χ1v) is 6.87. The molecule has 0 fully saturated rings. The number of carbonyl (C=O) groups is 2. The molecule has 0 bridgehead atoms. The number of hydrogen-bond acceptors (Lipinski definition) is 3. The molecular formula is C16H21N3O2. The zero-order chi connectivity index (χ0) is 15.7. The minimum atomic E-state index is -0.284. The number of amides is 2. The van der Waals surface area contributed by atoms with E-state index in [1.165, 1.54) is 0 Å². The van der Waals surface area contributed by atoms with Crippen molar-refractivity contribution in [3.8, 4) is 11.8 Å². The topological polar surface area (TPSA) is 84.2 Å². The lowest BCUT2D eigenvalue weighted by molar-refractivity contribution is -0.120. The average Bonchev–Trinajstić information content (AvgIpc) is 2.49. The largest absolute Gasteiger partial charge is 0.354 e. The third-order valence-corrected chi connectivity index (χ3v) is 2.60. The van der Waals surface area contributed by atoms with Crippen molar-refractivity contribution in [1.29, 1.82) is 0 Å². The van der Waals surface area contributed by atoms with Gasteiger partial charge < -0.3 is 16.4 Å². The molecule has 0 aromatic heterocycles. The van der Waals surface area contributed by atoms with Gasteiger partial charge in [-0.05, 0) is 30.2 Å². The second kappa shape index (κ2) is 8.77. The predicted octanol–water partition coefficient (Wildman–Crippen LogP) is 0.499. The van der Waals surface area contributed by atoms with Gasteiger partial charge in [-0.2, -0.15) is 0 Å². The first-order chi connectivity index (χ1) is 10.0. The summed E-state index contributed by atoms with van der Waals surface area (Å²) in [4.78, 5) is 23.4. The quantitative estimate of drug-likeness (QED) is 0.689. The summed E-state index contributed by atoms with van der Waals surface area (Å²) in [6, 6.07) is 6.83. The highest BCUT2D eigenvalue weighted by Gasteiger charge is 2.07. The molecule has 1 aromatic rings. The smallest absolute Gasteiger partial charge is 0.251 e. The Morgan fingerprint density at radius 3 is 2.43 bits per heavy atom. The van der Waals surface area contributed by atoms with E-state index in [2.05, 4.69) is 22.5 Å².